The average molecular weight is 305 g/mol. The van der Waals surface area contributed by atoms with Gasteiger partial charge in [-0.05, 0) is 43.5 Å². The Morgan fingerprint density at radius 2 is 1.81 bits per heavy atom. The number of benzene rings is 1. The molecule has 2 rings (SSSR count). The van der Waals surface area contributed by atoms with Crippen molar-refractivity contribution in [1.82, 2.24) is 5.32 Å². The number of rotatable bonds is 2. The second-order valence-corrected chi connectivity index (χ2v) is 6.37. The number of hydrogen-bond donors (Lipinski definition) is 1. The summed E-state index contributed by atoms with van der Waals surface area (Å²) in [4.78, 5) is 12.5. The summed E-state index contributed by atoms with van der Waals surface area (Å²) in [6, 6.07) is 7.62. The molecule has 1 aliphatic carbocycles. The maximum Gasteiger partial charge on any atom is 0.252 e. The van der Waals surface area contributed by atoms with E-state index in [1.165, 1.54) is 6.42 Å². The molecule has 0 aliphatic heterocycles. The molecule has 0 spiro atoms. The highest BCUT2D eigenvalue weighted by atomic mass is 35.5. The first-order valence-electron chi connectivity index (χ1n) is 7.56. The van der Waals surface area contributed by atoms with Crippen molar-refractivity contribution >= 4 is 17.5 Å². The van der Waals surface area contributed by atoms with Gasteiger partial charge in [0.15, 0.2) is 0 Å². The fraction of sp³-hybridized carbons (Fsp3) is 0.529. The van der Waals surface area contributed by atoms with Gasteiger partial charge in [0.2, 0.25) is 0 Å². The van der Waals surface area contributed by atoms with E-state index in [1.807, 2.05) is 13.0 Å². The van der Waals surface area contributed by atoms with E-state index in [9.17, 15) is 10.1 Å². The van der Waals surface area contributed by atoms with Crippen LogP contribution in [-0.2, 0) is 0 Å². The van der Waals surface area contributed by atoms with Gasteiger partial charge in [0.1, 0.15) is 5.54 Å². The third kappa shape index (κ3) is 4.22. The van der Waals surface area contributed by atoms with Crippen LogP contribution in [0, 0.1) is 18.3 Å². The first-order valence-corrected chi connectivity index (χ1v) is 7.93. The molecule has 1 saturated carbocycles. The number of nitrogens with zero attached hydrogens (tertiary/aromatic N) is 1. The molecule has 0 bridgehead atoms. The highest BCUT2D eigenvalue weighted by molar-refractivity contribution is 6.31. The molecule has 1 amide bonds. The van der Waals surface area contributed by atoms with Crippen LogP contribution in [0.25, 0.3) is 0 Å². The van der Waals surface area contributed by atoms with E-state index >= 15 is 0 Å². The molecule has 1 aromatic carbocycles. The lowest BCUT2D eigenvalue weighted by Crippen LogP contribution is -2.47. The minimum absolute atomic E-state index is 0.206. The van der Waals surface area contributed by atoms with E-state index < -0.39 is 5.54 Å². The maximum absolute atomic E-state index is 12.5. The SMILES string of the molecule is Cc1cc(Cl)cc(C(=O)NC2(C#N)CCCCCCC2)c1. The molecule has 21 heavy (non-hydrogen) atoms. The number of nitriles is 1. The molecule has 0 heterocycles. The summed E-state index contributed by atoms with van der Waals surface area (Å²) in [5.74, 6) is -0.206. The summed E-state index contributed by atoms with van der Waals surface area (Å²) < 4.78 is 0. The van der Waals surface area contributed by atoms with E-state index in [-0.39, 0.29) is 5.91 Å². The molecular weight excluding hydrogens is 284 g/mol. The summed E-state index contributed by atoms with van der Waals surface area (Å²) in [5, 5.41) is 13.1. The van der Waals surface area contributed by atoms with Gasteiger partial charge in [0.25, 0.3) is 5.91 Å². The predicted octanol–water partition coefficient (Wildman–Crippen LogP) is 4.38. The van der Waals surface area contributed by atoms with Gasteiger partial charge < -0.3 is 5.32 Å². The van der Waals surface area contributed by atoms with E-state index in [0.29, 0.717) is 10.6 Å². The van der Waals surface area contributed by atoms with Crippen molar-refractivity contribution < 1.29 is 4.79 Å². The summed E-state index contributed by atoms with van der Waals surface area (Å²) >= 11 is 6.01. The molecule has 3 nitrogen and oxygen atoms in total. The highest BCUT2D eigenvalue weighted by Crippen LogP contribution is 2.26. The Kier molecular flexibility index (Phi) is 5.25. The van der Waals surface area contributed by atoms with Gasteiger partial charge in [0, 0.05) is 10.6 Å². The molecule has 1 fully saturated rings. The zero-order chi connectivity index (χ0) is 15.3. The van der Waals surface area contributed by atoms with Gasteiger partial charge in [-0.15, -0.1) is 0 Å². The molecule has 112 valence electrons. The Morgan fingerprint density at radius 3 is 2.38 bits per heavy atom. The zero-order valence-electron chi connectivity index (χ0n) is 12.4. The number of carbonyl (C=O) groups is 1. The summed E-state index contributed by atoms with van der Waals surface area (Å²) in [7, 11) is 0. The lowest BCUT2D eigenvalue weighted by atomic mass is 9.85. The number of halogens is 1. The standard InChI is InChI=1S/C17H21ClN2O/c1-13-9-14(11-15(18)10-13)16(21)20-17(12-19)7-5-3-2-4-6-8-17/h9-11H,2-8H2,1H3,(H,20,21). The van der Waals surface area contributed by atoms with Gasteiger partial charge >= 0.3 is 0 Å². The van der Waals surface area contributed by atoms with Crippen LogP contribution in [0.2, 0.25) is 5.02 Å². The molecule has 1 aromatic rings. The Hall–Kier alpha value is -1.53. The monoisotopic (exact) mass is 304 g/mol. The quantitative estimate of drug-likeness (QED) is 0.881. The molecule has 0 atom stereocenters. The lowest BCUT2D eigenvalue weighted by molar-refractivity contribution is 0.0907. The zero-order valence-corrected chi connectivity index (χ0v) is 13.2. The number of aryl methyl sites for hydroxylation is 1. The Bertz CT molecular complexity index is 534. The van der Waals surface area contributed by atoms with Crippen LogP contribution in [0.1, 0.15) is 60.9 Å². The van der Waals surface area contributed by atoms with Gasteiger partial charge in [-0.25, -0.2) is 0 Å². The van der Waals surface area contributed by atoms with Crippen LogP contribution in [0.5, 0.6) is 0 Å². The van der Waals surface area contributed by atoms with Gasteiger partial charge in [-0.1, -0.05) is 43.7 Å². The van der Waals surface area contributed by atoms with Gasteiger partial charge in [-0.3, -0.25) is 4.79 Å². The smallest absolute Gasteiger partial charge is 0.252 e. The minimum Gasteiger partial charge on any atom is -0.334 e. The second-order valence-electron chi connectivity index (χ2n) is 5.93. The average Bonchev–Trinajstić information content (AvgIpc) is 2.41. The van der Waals surface area contributed by atoms with Crippen molar-refractivity contribution in [2.45, 2.75) is 57.4 Å². The molecule has 0 unspecified atom stereocenters. The Labute approximate surface area is 131 Å². The number of carbonyl (C=O) groups excluding carboxylic acids is 1. The van der Waals surface area contributed by atoms with Crippen molar-refractivity contribution in [2.75, 3.05) is 0 Å². The van der Waals surface area contributed by atoms with Crippen LogP contribution in [-0.4, -0.2) is 11.4 Å². The van der Waals surface area contributed by atoms with Gasteiger partial charge in [0.05, 0.1) is 6.07 Å². The molecular formula is C17H21ClN2O. The second kappa shape index (κ2) is 6.95. The molecule has 1 aliphatic rings. The first-order chi connectivity index (χ1) is 10.0. The van der Waals surface area contributed by atoms with Crippen molar-refractivity contribution in [3.8, 4) is 6.07 Å². The number of amides is 1. The fourth-order valence-corrected chi connectivity index (χ4v) is 3.22. The van der Waals surface area contributed by atoms with Crippen molar-refractivity contribution in [1.29, 1.82) is 5.26 Å². The third-order valence-electron chi connectivity index (χ3n) is 4.08. The molecule has 1 N–H and O–H groups in total. The van der Waals surface area contributed by atoms with Crippen molar-refractivity contribution in [2.24, 2.45) is 0 Å². The molecule has 4 heteroatoms. The van der Waals surface area contributed by atoms with Crippen LogP contribution in [0.3, 0.4) is 0 Å². The van der Waals surface area contributed by atoms with E-state index in [0.717, 1.165) is 44.1 Å². The van der Waals surface area contributed by atoms with Crippen LogP contribution in [0.15, 0.2) is 18.2 Å². The normalized spacial score (nSPS) is 18.1. The number of hydrogen-bond acceptors (Lipinski definition) is 2. The van der Waals surface area contributed by atoms with Crippen LogP contribution >= 0.6 is 11.6 Å². The molecule has 0 radical (unpaired) electrons. The summed E-state index contributed by atoms with van der Waals surface area (Å²) in [5.41, 5.74) is 0.737. The minimum atomic E-state index is -0.728. The van der Waals surface area contributed by atoms with Crippen molar-refractivity contribution in [3.63, 3.8) is 0 Å². The third-order valence-corrected chi connectivity index (χ3v) is 4.30. The summed E-state index contributed by atoms with van der Waals surface area (Å²) in [6.45, 7) is 1.90. The highest BCUT2D eigenvalue weighted by Gasteiger charge is 2.32. The van der Waals surface area contributed by atoms with E-state index in [1.54, 1.807) is 12.1 Å². The van der Waals surface area contributed by atoms with Crippen LogP contribution < -0.4 is 5.32 Å². The van der Waals surface area contributed by atoms with Gasteiger partial charge in [-0.2, -0.15) is 5.26 Å². The fourth-order valence-electron chi connectivity index (χ4n) is 2.93. The summed E-state index contributed by atoms with van der Waals surface area (Å²) in [6.07, 6.45) is 6.93. The maximum atomic E-state index is 12.5. The van der Waals surface area contributed by atoms with E-state index in [2.05, 4.69) is 11.4 Å². The Balaban J connectivity index is 2.16. The van der Waals surface area contributed by atoms with E-state index in [4.69, 9.17) is 11.6 Å². The predicted molar refractivity (Wildman–Crippen MR) is 84.3 cm³/mol. The first kappa shape index (κ1) is 15.9. The van der Waals surface area contributed by atoms with Crippen LogP contribution in [0.4, 0.5) is 0 Å². The Morgan fingerprint density at radius 1 is 1.19 bits per heavy atom. The largest absolute Gasteiger partial charge is 0.334 e. The lowest BCUT2D eigenvalue weighted by Gasteiger charge is -2.29. The molecule has 0 saturated heterocycles. The number of nitrogens with one attached hydrogen (secondary N) is 1. The topological polar surface area (TPSA) is 52.9 Å². The molecule has 0 aromatic heterocycles. The van der Waals surface area contributed by atoms with Crippen molar-refractivity contribution in [3.05, 3.63) is 34.3 Å².